The van der Waals surface area contributed by atoms with Gasteiger partial charge < -0.3 is 24.7 Å². The van der Waals surface area contributed by atoms with Crippen molar-refractivity contribution in [3.63, 3.8) is 0 Å². The lowest BCUT2D eigenvalue weighted by molar-refractivity contribution is -0.121. The molecule has 0 unspecified atom stereocenters. The first-order valence-corrected chi connectivity index (χ1v) is 8.45. The standard InChI is InChI=1S/C17H23N5O4/c1-21(2)5-4-18-15(23)9-22-8-13(7-19-22)20-17(24)16-14-3-6-25-10-12(14)11-26-16/h7-8,11H,3-6,9-10H2,1-2H3,(H,18,23)(H,20,24). The summed E-state index contributed by atoms with van der Waals surface area (Å²) in [6.45, 7) is 2.48. The number of amides is 2. The van der Waals surface area contributed by atoms with Gasteiger partial charge >= 0.3 is 0 Å². The van der Waals surface area contributed by atoms with Gasteiger partial charge in [0, 0.05) is 36.8 Å². The third-order valence-electron chi connectivity index (χ3n) is 4.02. The predicted octanol–water partition coefficient (Wildman–Crippen LogP) is 0.479. The van der Waals surface area contributed by atoms with Crippen molar-refractivity contribution in [2.75, 3.05) is 39.1 Å². The number of rotatable bonds is 7. The van der Waals surface area contributed by atoms with Gasteiger partial charge in [-0.2, -0.15) is 5.10 Å². The first kappa shape index (κ1) is 18.2. The molecule has 2 aromatic heterocycles. The zero-order chi connectivity index (χ0) is 18.5. The van der Waals surface area contributed by atoms with E-state index in [1.165, 1.54) is 10.9 Å². The minimum atomic E-state index is -0.330. The Labute approximate surface area is 151 Å². The lowest BCUT2D eigenvalue weighted by Crippen LogP contribution is -2.33. The maximum atomic E-state index is 12.4. The molecule has 9 heteroatoms. The summed E-state index contributed by atoms with van der Waals surface area (Å²) in [5.41, 5.74) is 2.31. The van der Waals surface area contributed by atoms with E-state index >= 15 is 0 Å². The Bertz CT molecular complexity index is 780. The van der Waals surface area contributed by atoms with Crippen LogP contribution in [0.5, 0.6) is 0 Å². The van der Waals surface area contributed by atoms with Gasteiger partial charge in [-0.25, -0.2) is 0 Å². The molecule has 3 heterocycles. The number of likely N-dealkylation sites (N-methyl/N-ethyl adjacent to an activating group) is 1. The average Bonchev–Trinajstić information content (AvgIpc) is 3.21. The number of aromatic nitrogens is 2. The van der Waals surface area contributed by atoms with E-state index in [1.54, 1.807) is 12.5 Å². The summed E-state index contributed by atoms with van der Waals surface area (Å²) in [7, 11) is 3.88. The van der Waals surface area contributed by atoms with Crippen LogP contribution in [0, 0.1) is 0 Å². The van der Waals surface area contributed by atoms with E-state index in [2.05, 4.69) is 15.7 Å². The van der Waals surface area contributed by atoms with Crippen LogP contribution in [0.4, 0.5) is 5.69 Å². The molecule has 0 spiro atoms. The van der Waals surface area contributed by atoms with Crippen LogP contribution in [-0.4, -0.2) is 60.3 Å². The Hall–Kier alpha value is -2.65. The molecule has 1 aliphatic heterocycles. The van der Waals surface area contributed by atoms with Gasteiger partial charge in [0.1, 0.15) is 6.54 Å². The molecular formula is C17H23N5O4. The lowest BCUT2D eigenvalue weighted by atomic mass is 10.1. The number of hydrogen-bond acceptors (Lipinski definition) is 6. The number of furan rings is 1. The third-order valence-corrected chi connectivity index (χ3v) is 4.02. The van der Waals surface area contributed by atoms with E-state index in [-0.39, 0.29) is 18.4 Å². The summed E-state index contributed by atoms with van der Waals surface area (Å²) >= 11 is 0. The summed E-state index contributed by atoms with van der Waals surface area (Å²) in [5, 5.41) is 9.67. The highest BCUT2D eigenvalue weighted by atomic mass is 16.5. The van der Waals surface area contributed by atoms with Gasteiger partial charge in [0.05, 0.1) is 31.4 Å². The smallest absolute Gasteiger partial charge is 0.291 e. The van der Waals surface area contributed by atoms with Crippen molar-refractivity contribution in [2.24, 2.45) is 0 Å². The van der Waals surface area contributed by atoms with Gasteiger partial charge in [-0.05, 0) is 14.1 Å². The third kappa shape index (κ3) is 4.50. The molecule has 26 heavy (non-hydrogen) atoms. The Morgan fingerprint density at radius 3 is 3.04 bits per heavy atom. The van der Waals surface area contributed by atoms with Crippen LogP contribution in [0.2, 0.25) is 0 Å². The summed E-state index contributed by atoms with van der Waals surface area (Å²) in [6, 6.07) is 0. The van der Waals surface area contributed by atoms with Crippen molar-refractivity contribution in [2.45, 2.75) is 19.6 Å². The Morgan fingerprint density at radius 2 is 2.23 bits per heavy atom. The SMILES string of the molecule is CN(C)CCNC(=O)Cn1cc(NC(=O)c2occ3c2CCOC3)cn1. The van der Waals surface area contributed by atoms with E-state index in [1.807, 2.05) is 19.0 Å². The van der Waals surface area contributed by atoms with Gasteiger partial charge in [0.25, 0.3) is 5.91 Å². The summed E-state index contributed by atoms with van der Waals surface area (Å²) in [5.74, 6) is -0.159. The number of ether oxygens (including phenoxy) is 1. The Morgan fingerprint density at radius 1 is 1.38 bits per heavy atom. The van der Waals surface area contributed by atoms with E-state index in [0.29, 0.717) is 37.6 Å². The van der Waals surface area contributed by atoms with Crippen molar-refractivity contribution in [1.82, 2.24) is 20.0 Å². The van der Waals surface area contributed by atoms with Crippen LogP contribution < -0.4 is 10.6 Å². The molecule has 0 bridgehead atoms. The number of anilines is 1. The van der Waals surface area contributed by atoms with Crippen molar-refractivity contribution >= 4 is 17.5 Å². The van der Waals surface area contributed by atoms with Gasteiger partial charge in [0.15, 0.2) is 5.76 Å². The minimum absolute atomic E-state index is 0.0940. The molecule has 0 fully saturated rings. The second-order valence-electron chi connectivity index (χ2n) is 6.41. The molecule has 2 N–H and O–H groups in total. The molecule has 0 atom stereocenters. The van der Waals surface area contributed by atoms with Crippen molar-refractivity contribution in [3.05, 3.63) is 35.5 Å². The van der Waals surface area contributed by atoms with Gasteiger partial charge in [-0.15, -0.1) is 0 Å². The molecule has 9 nitrogen and oxygen atoms in total. The van der Waals surface area contributed by atoms with Gasteiger partial charge in [0.2, 0.25) is 5.91 Å². The van der Waals surface area contributed by atoms with Crippen LogP contribution in [0.15, 0.2) is 23.1 Å². The highest BCUT2D eigenvalue weighted by molar-refractivity contribution is 6.03. The van der Waals surface area contributed by atoms with Crippen LogP contribution >= 0.6 is 0 Å². The number of nitrogens with one attached hydrogen (secondary N) is 2. The van der Waals surface area contributed by atoms with Crippen molar-refractivity contribution in [3.8, 4) is 0 Å². The van der Waals surface area contributed by atoms with Crippen LogP contribution in [0.1, 0.15) is 21.7 Å². The number of nitrogens with zero attached hydrogens (tertiary/aromatic N) is 3. The topological polar surface area (TPSA) is 102 Å². The number of carbonyl (C=O) groups is 2. The molecule has 0 saturated heterocycles. The molecule has 2 aromatic rings. The summed E-state index contributed by atoms with van der Waals surface area (Å²) in [6.07, 6.45) is 5.33. The second kappa shape index (κ2) is 8.15. The summed E-state index contributed by atoms with van der Waals surface area (Å²) < 4.78 is 12.2. The van der Waals surface area contributed by atoms with Gasteiger partial charge in [-0.3, -0.25) is 14.3 Å². The van der Waals surface area contributed by atoms with Crippen molar-refractivity contribution in [1.29, 1.82) is 0 Å². The molecular weight excluding hydrogens is 338 g/mol. The molecule has 0 saturated carbocycles. The second-order valence-corrected chi connectivity index (χ2v) is 6.41. The zero-order valence-electron chi connectivity index (χ0n) is 14.9. The highest BCUT2D eigenvalue weighted by Gasteiger charge is 2.23. The quantitative estimate of drug-likeness (QED) is 0.744. The molecule has 0 radical (unpaired) electrons. The Kier molecular flexibility index (Phi) is 5.69. The average molecular weight is 361 g/mol. The van der Waals surface area contributed by atoms with E-state index < -0.39 is 0 Å². The molecule has 0 aromatic carbocycles. The van der Waals surface area contributed by atoms with Crippen LogP contribution in [0.3, 0.4) is 0 Å². The fourth-order valence-corrected chi connectivity index (χ4v) is 2.68. The molecule has 1 aliphatic rings. The lowest BCUT2D eigenvalue weighted by Gasteiger charge is -2.11. The molecule has 0 aliphatic carbocycles. The monoisotopic (exact) mass is 361 g/mol. The van der Waals surface area contributed by atoms with Crippen LogP contribution in [-0.2, 0) is 29.1 Å². The highest BCUT2D eigenvalue weighted by Crippen LogP contribution is 2.23. The van der Waals surface area contributed by atoms with Crippen molar-refractivity contribution < 1.29 is 18.7 Å². The van der Waals surface area contributed by atoms with E-state index in [4.69, 9.17) is 9.15 Å². The maximum Gasteiger partial charge on any atom is 0.291 e. The fraction of sp³-hybridized carbons (Fsp3) is 0.471. The number of carbonyl (C=O) groups excluding carboxylic acids is 2. The zero-order valence-corrected chi connectivity index (χ0v) is 14.9. The summed E-state index contributed by atoms with van der Waals surface area (Å²) in [4.78, 5) is 26.3. The largest absolute Gasteiger partial charge is 0.458 e. The molecule has 3 rings (SSSR count). The number of fused-ring (bicyclic) bond motifs is 1. The van der Waals surface area contributed by atoms with E-state index in [9.17, 15) is 9.59 Å². The van der Waals surface area contributed by atoms with E-state index in [0.717, 1.165) is 17.7 Å². The minimum Gasteiger partial charge on any atom is -0.458 e. The fourth-order valence-electron chi connectivity index (χ4n) is 2.68. The molecule has 2 amide bonds. The normalized spacial score (nSPS) is 13.5. The maximum absolute atomic E-state index is 12.4. The predicted molar refractivity (Wildman–Crippen MR) is 93.8 cm³/mol. The Balaban J connectivity index is 1.54. The molecule has 140 valence electrons. The first-order chi connectivity index (χ1) is 12.5. The first-order valence-electron chi connectivity index (χ1n) is 8.45. The van der Waals surface area contributed by atoms with Gasteiger partial charge in [-0.1, -0.05) is 0 Å². The number of hydrogen-bond donors (Lipinski definition) is 2. The van der Waals surface area contributed by atoms with Crippen LogP contribution in [0.25, 0.3) is 0 Å².